The first-order valence-electron chi connectivity index (χ1n) is 10.5. The van der Waals surface area contributed by atoms with E-state index in [1.165, 1.54) is 29.5 Å². The Morgan fingerprint density at radius 2 is 1.59 bits per heavy atom. The van der Waals surface area contributed by atoms with Crippen LogP contribution in [0.15, 0.2) is 42.5 Å². The molecule has 0 aliphatic carbocycles. The fourth-order valence-electron chi connectivity index (χ4n) is 3.31. The Morgan fingerprint density at radius 1 is 1.00 bits per heavy atom. The van der Waals surface area contributed by atoms with Crippen molar-refractivity contribution in [3.8, 4) is 0 Å². The van der Waals surface area contributed by atoms with Gasteiger partial charge in [-0.05, 0) is 86.0 Å². The number of fused-ring (bicyclic) bond motifs is 1. The van der Waals surface area contributed by atoms with E-state index in [4.69, 9.17) is 65.0 Å². The zero-order valence-electron chi connectivity index (χ0n) is 18.4. The van der Waals surface area contributed by atoms with E-state index in [2.05, 4.69) is 36.5 Å². The SMILES string of the molecule is CC(Cl)CCCCc1ccc(Cl)cc1.CC1CNCCc2ccc(Cl)cc21.Cl.[Cl][Al]([Cl])[Cl]. The minimum absolute atomic E-state index is 0. The van der Waals surface area contributed by atoms with Gasteiger partial charge in [-0.25, -0.2) is 30.1 Å². The van der Waals surface area contributed by atoms with Crippen LogP contribution in [-0.4, -0.2) is 29.9 Å². The van der Waals surface area contributed by atoms with Crippen LogP contribution in [0.4, 0.5) is 0 Å². The van der Waals surface area contributed by atoms with Crippen LogP contribution in [0.1, 0.15) is 55.7 Å². The molecule has 2 aromatic carbocycles. The lowest BCUT2D eigenvalue weighted by atomic mass is 9.96. The molecular weight excluding hydrogens is 565 g/mol. The van der Waals surface area contributed by atoms with Gasteiger partial charge in [-0.3, -0.25) is 0 Å². The third-order valence-electron chi connectivity index (χ3n) is 4.89. The molecule has 3 rings (SSSR count). The second-order valence-electron chi connectivity index (χ2n) is 7.60. The van der Waals surface area contributed by atoms with Crippen molar-refractivity contribution in [2.75, 3.05) is 13.1 Å². The van der Waals surface area contributed by atoms with E-state index in [9.17, 15) is 0 Å². The number of rotatable bonds is 5. The Labute approximate surface area is 231 Å². The molecule has 180 valence electrons. The maximum absolute atomic E-state index is 5.97. The highest BCUT2D eigenvalue weighted by molar-refractivity contribution is 7.54. The Kier molecular flexibility index (Phi) is 19.8. The first-order valence-corrected chi connectivity index (χ1v) is 16.9. The fraction of sp³-hybridized carbons (Fsp3) is 0.478. The van der Waals surface area contributed by atoms with Gasteiger partial charge in [0.15, 0.2) is 0 Å². The molecule has 0 spiro atoms. The highest BCUT2D eigenvalue weighted by Crippen LogP contribution is 2.25. The van der Waals surface area contributed by atoms with Crippen LogP contribution < -0.4 is 5.32 Å². The number of unbranched alkanes of at least 4 members (excludes halogenated alkanes) is 1. The number of halogens is 7. The van der Waals surface area contributed by atoms with Gasteiger partial charge in [0.25, 0.3) is 0 Å². The van der Waals surface area contributed by atoms with E-state index in [0.717, 1.165) is 42.4 Å². The molecule has 2 unspecified atom stereocenters. The third kappa shape index (κ3) is 15.8. The van der Waals surface area contributed by atoms with Crippen LogP contribution in [0.3, 0.4) is 0 Å². The summed E-state index contributed by atoms with van der Waals surface area (Å²) in [6, 6.07) is 14.3. The van der Waals surface area contributed by atoms with Crippen molar-refractivity contribution in [1.82, 2.24) is 5.32 Å². The molecule has 2 aromatic rings. The molecule has 1 aliphatic rings. The quantitative estimate of drug-likeness (QED) is 0.206. The van der Waals surface area contributed by atoms with Crippen molar-refractivity contribution in [3.63, 3.8) is 0 Å². The Bertz CT molecular complexity index is 739. The summed E-state index contributed by atoms with van der Waals surface area (Å²) < 4.78 is 0. The summed E-state index contributed by atoms with van der Waals surface area (Å²) in [6.07, 6.45) is 5.76. The van der Waals surface area contributed by atoms with E-state index < -0.39 is 11.4 Å². The maximum Gasteiger partial charge on any atom is 0.643 e. The molecule has 32 heavy (non-hydrogen) atoms. The van der Waals surface area contributed by atoms with Gasteiger partial charge in [-0.2, -0.15) is 0 Å². The summed E-state index contributed by atoms with van der Waals surface area (Å²) in [5.74, 6) is 0.580. The maximum atomic E-state index is 5.97. The summed E-state index contributed by atoms with van der Waals surface area (Å²) in [6.45, 7) is 6.43. The normalized spacial score (nSPS) is 15.4. The van der Waals surface area contributed by atoms with Crippen molar-refractivity contribution in [2.45, 2.75) is 57.2 Å². The fourth-order valence-corrected chi connectivity index (χ4v) is 3.77. The number of hydrogen-bond acceptors (Lipinski definition) is 1. The molecule has 0 bridgehead atoms. The first-order chi connectivity index (χ1) is 14.7. The monoisotopic (exact) mass is 593 g/mol. The van der Waals surface area contributed by atoms with E-state index in [1.54, 1.807) is 0 Å². The summed E-state index contributed by atoms with van der Waals surface area (Å²) in [7, 11) is 14.8. The van der Waals surface area contributed by atoms with E-state index >= 15 is 0 Å². The highest BCUT2D eigenvalue weighted by atomic mass is 35.8. The largest absolute Gasteiger partial charge is 0.643 e. The van der Waals surface area contributed by atoms with Crippen LogP contribution in [0.2, 0.25) is 10.0 Å². The third-order valence-corrected chi connectivity index (χ3v) is 5.60. The molecule has 0 amide bonds. The minimum Gasteiger partial charge on any atom is -0.316 e. The van der Waals surface area contributed by atoms with Gasteiger partial charge in [0.2, 0.25) is 0 Å². The molecule has 0 saturated carbocycles. The number of aryl methyl sites for hydroxylation is 1. The first kappa shape index (κ1) is 33.0. The van der Waals surface area contributed by atoms with Gasteiger partial charge < -0.3 is 5.32 Å². The zero-order valence-corrected chi connectivity index (χ0v) is 24.9. The average Bonchev–Trinajstić information content (AvgIpc) is 2.88. The van der Waals surface area contributed by atoms with Crippen LogP contribution in [0.25, 0.3) is 0 Å². The topological polar surface area (TPSA) is 12.0 Å². The van der Waals surface area contributed by atoms with E-state index in [0.29, 0.717) is 11.3 Å². The van der Waals surface area contributed by atoms with E-state index in [1.807, 2.05) is 25.1 Å². The molecule has 1 nitrogen and oxygen atoms in total. The van der Waals surface area contributed by atoms with Gasteiger partial charge in [-0.15, -0.1) is 24.0 Å². The molecule has 1 N–H and O–H groups in total. The lowest BCUT2D eigenvalue weighted by Crippen LogP contribution is -2.18. The molecule has 1 heterocycles. The molecule has 0 fully saturated rings. The highest BCUT2D eigenvalue weighted by Gasteiger charge is 2.14. The minimum atomic E-state index is -1.72. The average molecular weight is 597 g/mol. The Hall–Kier alpha value is 0.962. The standard InChI is InChI=1S/C12H16Cl2.C11H14ClN.Al.4ClH/c1-10(13)4-2-3-5-11-6-8-12(14)9-7-11;1-8-7-13-5-4-9-2-3-10(12)6-11(8)9;;;;;/h6-10H,2-5H2,1H3;2-3,6,8,13H,4-5,7H2,1H3;;4*1H/q;;+3;;;;/p-3. The predicted molar refractivity (Wildman–Crippen MR) is 151 cm³/mol. The molecule has 0 aromatic heterocycles. The second kappa shape index (κ2) is 19.2. The Morgan fingerprint density at radius 3 is 2.19 bits per heavy atom. The van der Waals surface area contributed by atoms with Crippen molar-refractivity contribution >= 4 is 88.7 Å². The van der Waals surface area contributed by atoms with Gasteiger partial charge in [0.1, 0.15) is 0 Å². The molecule has 9 heteroatoms. The number of benzene rings is 2. The van der Waals surface area contributed by atoms with Crippen molar-refractivity contribution in [1.29, 1.82) is 0 Å². The molecule has 2 atom stereocenters. The van der Waals surface area contributed by atoms with Crippen LogP contribution in [0, 0.1) is 0 Å². The van der Waals surface area contributed by atoms with Gasteiger partial charge >= 0.3 is 11.4 Å². The lowest BCUT2D eigenvalue weighted by Gasteiger charge is -2.11. The summed E-state index contributed by atoms with van der Waals surface area (Å²) in [5, 5.41) is 5.39. The molecular formula is C23H31AlCl7N. The van der Waals surface area contributed by atoms with Gasteiger partial charge in [-0.1, -0.05) is 54.7 Å². The number of hydrogen-bond donors (Lipinski definition) is 1. The van der Waals surface area contributed by atoms with Crippen LogP contribution >= 0.6 is 77.4 Å². The molecule has 0 saturated heterocycles. The van der Waals surface area contributed by atoms with Crippen molar-refractivity contribution in [3.05, 3.63) is 69.2 Å². The summed E-state index contributed by atoms with van der Waals surface area (Å²) in [5.41, 5.74) is 4.22. The zero-order chi connectivity index (χ0) is 23.2. The number of alkyl halides is 1. The van der Waals surface area contributed by atoms with Crippen molar-refractivity contribution < 1.29 is 0 Å². The van der Waals surface area contributed by atoms with Crippen LogP contribution in [0.5, 0.6) is 0 Å². The second-order valence-corrected chi connectivity index (χ2v) is 15.7. The van der Waals surface area contributed by atoms with E-state index in [-0.39, 0.29) is 12.4 Å². The predicted octanol–water partition coefficient (Wildman–Crippen LogP) is 9.38. The van der Waals surface area contributed by atoms with Crippen LogP contribution in [-0.2, 0) is 12.8 Å². The van der Waals surface area contributed by atoms with Gasteiger partial charge in [0.05, 0.1) is 0 Å². The summed E-state index contributed by atoms with van der Waals surface area (Å²) >= 11 is 15.9. The lowest BCUT2D eigenvalue weighted by molar-refractivity contribution is 0.644. The Balaban J connectivity index is 0.000000503. The molecule has 0 radical (unpaired) electrons. The number of nitrogens with one attached hydrogen (secondary N) is 1. The van der Waals surface area contributed by atoms with Gasteiger partial charge in [0, 0.05) is 22.0 Å². The smallest absolute Gasteiger partial charge is 0.316 e. The molecule has 1 aliphatic heterocycles. The summed E-state index contributed by atoms with van der Waals surface area (Å²) in [4.78, 5) is 0. The van der Waals surface area contributed by atoms with Crippen molar-refractivity contribution in [2.24, 2.45) is 0 Å².